The van der Waals surface area contributed by atoms with Gasteiger partial charge in [-0.25, -0.2) is 4.39 Å². The zero-order valence-electron chi connectivity index (χ0n) is 14.6. The van der Waals surface area contributed by atoms with E-state index < -0.39 is 0 Å². The molecule has 1 aromatic rings. The van der Waals surface area contributed by atoms with Crippen molar-refractivity contribution < 1.29 is 13.9 Å². The molecule has 1 aliphatic rings. The van der Waals surface area contributed by atoms with E-state index in [1.165, 1.54) is 6.07 Å². The van der Waals surface area contributed by atoms with Gasteiger partial charge in [0, 0.05) is 26.7 Å². The fraction of sp³-hybridized carbons (Fsp3) is 0.588. The number of halogens is 1. The van der Waals surface area contributed by atoms with Crippen molar-refractivity contribution in [1.29, 1.82) is 0 Å². The lowest BCUT2D eigenvalue weighted by Gasteiger charge is -2.30. The smallest absolute Gasteiger partial charge is 0.191 e. The summed E-state index contributed by atoms with van der Waals surface area (Å²) in [6, 6.07) is 6.40. The minimum absolute atomic E-state index is 0.148. The van der Waals surface area contributed by atoms with Crippen molar-refractivity contribution >= 4 is 5.96 Å². The molecule has 24 heavy (non-hydrogen) atoms. The van der Waals surface area contributed by atoms with Crippen molar-refractivity contribution in [2.24, 2.45) is 4.99 Å². The number of aliphatic imine (C=N–C) groups is 1. The fourth-order valence-electron chi connectivity index (χ4n) is 2.46. The Kier molecular flexibility index (Phi) is 7.27. The Labute approximate surface area is 143 Å². The van der Waals surface area contributed by atoms with E-state index in [-0.39, 0.29) is 23.8 Å². The number of ether oxygens (including phenoxy) is 2. The van der Waals surface area contributed by atoms with Gasteiger partial charge in [-0.1, -0.05) is 12.1 Å². The molecule has 6 nitrogen and oxygen atoms in total. The highest BCUT2D eigenvalue weighted by molar-refractivity contribution is 5.79. The molecular weight excluding hydrogens is 311 g/mol. The lowest BCUT2D eigenvalue weighted by Crippen LogP contribution is -2.49. The van der Waals surface area contributed by atoms with E-state index in [4.69, 9.17) is 9.47 Å². The summed E-state index contributed by atoms with van der Waals surface area (Å²) in [5, 5.41) is 6.43. The summed E-state index contributed by atoms with van der Waals surface area (Å²) in [4.78, 5) is 6.43. The number of hydrogen-bond acceptors (Lipinski definition) is 4. The number of nitrogens with one attached hydrogen (secondary N) is 2. The monoisotopic (exact) mass is 338 g/mol. The van der Waals surface area contributed by atoms with Crippen LogP contribution in [0.5, 0.6) is 5.75 Å². The topological polar surface area (TPSA) is 58.1 Å². The minimum atomic E-state index is -0.356. The number of guanidine groups is 1. The Balaban J connectivity index is 1.71. The van der Waals surface area contributed by atoms with Crippen molar-refractivity contribution in [3.8, 4) is 5.75 Å². The molecule has 0 aromatic heterocycles. The summed E-state index contributed by atoms with van der Waals surface area (Å²) < 4.78 is 24.9. The van der Waals surface area contributed by atoms with Gasteiger partial charge in [-0.2, -0.15) is 0 Å². The highest BCUT2D eigenvalue weighted by Crippen LogP contribution is 2.16. The third-order valence-corrected chi connectivity index (χ3v) is 3.78. The molecule has 0 saturated carbocycles. The Bertz CT molecular complexity index is 541. The number of rotatable bonds is 6. The Morgan fingerprint density at radius 2 is 2.25 bits per heavy atom. The van der Waals surface area contributed by atoms with Gasteiger partial charge in [0.25, 0.3) is 0 Å². The van der Waals surface area contributed by atoms with Crippen LogP contribution in [0.25, 0.3) is 0 Å². The highest BCUT2D eigenvalue weighted by atomic mass is 19.1. The van der Waals surface area contributed by atoms with Crippen LogP contribution in [0.2, 0.25) is 0 Å². The first-order valence-corrected chi connectivity index (χ1v) is 8.24. The Morgan fingerprint density at radius 1 is 1.46 bits per heavy atom. The minimum Gasteiger partial charge on any atom is -0.486 e. The number of benzene rings is 1. The molecule has 0 aliphatic carbocycles. The van der Waals surface area contributed by atoms with Crippen LogP contribution in [0.1, 0.15) is 6.92 Å². The van der Waals surface area contributed by atoms with Gasteiger partial charge in [-0.15, -0.1) is 0 Å². The van der Waals surface area contributed by atoms with Gasteiger partial charge in [-0.05, 0) is 26.1 Å². The van der Waals surface area contributed by atoms with E-state index in [9.17, 15) is 4.39 Å². The normalized spacial score (nSPS) is 20.5. The third-order valence-electron chi connectivity index (χ3n) is 3.78. The molecule has 2 atom stereocenters. The number of morpholine rings is 1. The number of hydrogen-bond donors (Lipinski definition) is 2. The third kappa shape index (κ3) is 5.98. The van der Waals surface area contributed by atoms with E-state index in [0.29, 0.717) is 19.0 Å². The number of likely N-dealkylation sites (N-methyl/N-ethyl adjacent to an activating group) is 1. The van der Waals surface area contributed by atoms with Crippen molar-refractivity contribution in [3.63, 3.8) is 0 Å². The Morgan fingerprint density at radius 3 is 2.96 bits per heavy atom. The maximum absolute atomic E-state index is 13.6. The summed E-state index contributed by atoms with van der Waals surface area (Å²) in [7, 11) is 3.80. The van der Waals surface area contributed by atoms with Gasteiger partial charge < -0.3 is 25.0 Å². The second-order valence-electron chi connectivity index (χ2n) is 5.95. The second-order valence-corrected chi connectivity index (χ2v) is 5.95. The van der Waals surface area contributed by atoms with E-state index in [0.717, 1.165) is 19.7 Å². The standard InChI is InChI=1S/C17H27FN4O2/c1-13(24-16-7-5-4-6-15(16)18)10-20-17(19-2)21-11-14-12-22(3)8-9-23-14/h4-7,13-14H,8-12H2,1-3H3,(H2,19,20,21). The molecule has 0 amide bonds. The van der Waals surface area contributed by atoms with Gasteiger partial charge in [0.2, 0.25) is 0 Å². The average molecular weight is 338 g/mol. The highest BCUT2D eigenvalue weighted by Gasteiger charge is 2.18. The fourth-order valence-corrected chi connectivity index (χ4v) is 2.46. The molecule has 7 heteroatoms. The van der Waals surface area contributed by atoms with E-state index in [1.54, 1.807) is 25.2 Å². The van der Waals surface area contributed by atoms with E-state index in [1.807, 2.05) is 6.92 Å². The van der Waals surface area contributed by atoms with Crippen LogP contribution in [0.4, 0.5) is 4.39 Å². The van der Waals surface area contributed by atoms with Gasteiger partial charge in [-0.3, -0.25) is 4.99 Å². The molecule has 0 bridgehead atoms. The molecule has 1 aliphatic heterocycles. The quantitative estimate of drug-likeness (QED) is 0.601. The second kappa shape index (κ2) is 9.44. The summed E-state index contributed by atoms with van der Waals surface area (Å²) in [5.41, 5.74) is 0. The first-order valence-electron chi connectivity index (χ1n) is 8.24. The maximum atomic E-state index is 13.6. The molecule has 2 N–H and O–H groups in total. The first kappa shape index (κ1) is 18.5. The van der Waals surface area contributed by atoms with Gasteiger partial charge in [0.05, 0.1) is 19.3 Å². The molecule has 0 radical (unpaired) electrons. The molecule has 1 fully saturated rings. The van der Waals surface area contributed by atoms with Crippen molar-refractivity contribution in [1.82, 2.24) is 15.5 Å². The van der Waals surface area contributed by atoms with Gasteiger partial charge in [0.15, 0.2) is 17.5 Å². The molecular formula is C17H27FN4O2. The zero-order valence-corrected chi connectivity index (χ0v) is 14.6. The van der Waals surface area contributed by atoms with Crippen LogP contribution >= 0.6 is 0 Å². The van der Waals surface area contributed by atoms with E-state index >= 15 is 0 Å². The summed E-state index contributed by atoms with van der Waals surface area (Å²) in [6.07, 6.45) is -0.0492. The summed E-state index contributed by atoms with van der Waals surface area (Å²) >= 11 is 0. The van der Waals surface area contributed by atoms with Crippen LogP contribution in [-0.2, 0) is 4.74 Å². The largest absolute Gasteiger partial charge is 0.486 e. The molecule has 1 aromatic carbocycles. The average Bonchev–Trinajstić information content (AvgIpc) is 2.57. The molecule has 2 unspecified atom stereocenters. The number of para-hydroxylation sites is 1. The summed E-state index contributed by atoms with van der Waals surface area (Å²) in [5.74, 6) is 0.578. The van der Waals surface area contributed by atoms with Crippen LogP contribution in [0.15, 0.2) is 29.3 Å². The van der Waals surface area contributed by atoms with Crippen molar-refractivity contribution in [2.45, 2.75) is 19.1 Å². The van der Waals surface area contributed by atoms with Crippen molar-refractivity contribution in [3.05, 3.63) is 30.1 Å². The summed E-state index contributed by atoms with van der Waals surface area (Å²) in [6.45, 7) is 5.70. The lowest BCUT2D eigenvalue weighted by atomic mass is 10.3. The predicted molar refractivity (Wildman–Crippen MR) is 93.1 cm³/mol. The lowest BCUT2D eigenvalue weighted by molar-refractivity contribution is -0.0161. The van der Waals surface area contributed by atoms with Crippen molar-refractivity contribution in [2.75, 3.05) is 46.9 Å². The van der Waals surface area contributed by atoms with Crippen LogP contribution in [-0.4, -0.2) is 69.9 Å². The number of nitrogens with zero attached hydrogens (tertiary/aromatic N) is 2. The molecule has 1 saturated heterocycles. The maximum Gasteiger partial charge on any atom is 0.191 e. The molecule has 2 rings (SSSR count). The molecule has 134 valence electrons. The zero-order chi connectivity index (χ0) is 17.4. The first-order chi connectivity index (χ1) is 11.6. The SMILES string of the molecule is CN=C(NCC(C)Oc1ccccc1F)NCC1CN(C)CCO1. The predicted octanol–water partition coefficient (Wildman–Crippen LogP) is 1.09. The van der Waals surface area contributed by atoms with E-state index in [2.05, 4.69) is 27.6 Å². The Hall–Kier alpha value is -1.86. The molecule has 0 spiro atoms. The van der Waals surface area contributed by atoms with Crippen LogP contribution < -0.4 is 15.4 Å². The van der Waals surface area contributed by atoms with Gasteiger partial charge >= 0.3 is 0 Å². The van der Waals surface area contributed by atoms with Crippen LogP contribution in [0.3, 0.4) is 0 Å². The van der Waals surface area contributed by atoms with Crippen LogP contribution in [0, 0.1) is 5.82 Å². The molecule has 1 heterocycles. The van der Waals surface area contributed by atoms with Gasteiger partial charge in [0.1, 0.15) is 6.10 Å².